The molecule has 2 amide bonds. The van der Waals surface area contributed by atoms with Crippen LogP contribution in [0.4, 0.5) is 17.3 Å². The molecule has 1 aromatic heterocycles. The number of nitrogens with zero attached hydrogens (tertiary/aromatic N) is 3. The Kier molecular flexibility index (Phi) is 6.50. The Balaban J connectivity index is 1.76. The van der Waals surface area contributed by atoms with E-state index in [9.17, 15) is 9.59 Å². The van der Waals surface area contributed by atoms with Crippen LogP contribution in [0.5, 0.6) is 0 Å². The van der Waals surface area contributed by atoms with Crippen molar-refractivity contribution in [3.63, 3.8) is 0 Å². The van der Waals surface area contributed by atoms with Crippen molar-refractivity contribution < 1.29 is 9.59 Å². The monoisotopic (exact) mass is 462 g/mol. The molecule has 0 saturated carbocycles. The molecule has 4 rings (SSSR count). The molecule has 0 fully saturated rings. The van der Waals surface area contributed by atoms with Gasteiger partial charge in [0.15, 0.2) is 0 Å². The van der Waals surface area contributed by atoms with Gasteiger partial charge >= 0.3 is 0 Å². The van der Waals surface area contributed by atoms with E-state index in [-0.39, 0.29) is 11.8 Å². The van der Waals surface area contributed by atoms with E-state index in [0.29, 0.717) is 28.1 Å². The summed E-state index contributed by atoms with van der Waals surface area (Å²) in [5, 5.41) is 14.4. The molecule has 0 bridgehead atoms. The van der Waals surface area contributed by atoms with Crippen LogP contribution in [0.15, 0.2) is 65.0 Å². The first-order valence-electron chi connectivity index (χ1n) is 10.7. The van der Waals surface area contributed by atoms with Crippen LogP contribution in [-0.2, 0) is 9.59 Å². The molecule has 2 aromatic carbocycles. The first-order chi connectivity index (χ1) is 15.9. The second kappa shape index (κ2) is 9.50. The number of rotatable bonds is 6. The summed E-state index contributed by atoms with van der Waals surface area (Å²) in [6, 6.07) is 14.6. The lowest BCUT2D eigenvalue weighted by Crippen LogP contribution is -2.31. The van der Waals surface area contributed by atoms with Crippen LogP contribution in [0.3, 0.4) is 0 Å². The van der Waals surface area contributed by atoms with Gasteiger partial charge < -0.3 is 16.0 Å². The minimum atomic E-state index is -0.477. The topological polar surface area (TPSA) is 101 Å². The number of carbonyl (C=O) groups is 2. The number of carbonyl (C=O) groups excluding carboxylic acids is 2. The molecule has 0 aliphatic carbocycles. The molecule has 3 N–H and O–H groups in total. The number of allylic oxidation sites excluding steroid dienone is 1. The van der Waals surface area contributed by atoms with Crippen LogP contribution in [0, 0.1) is 6.92 Å². The number of thioether (sulfide) groups is 1. The second-order valence-corrected chi connectivity index (χ2v) is 8.97. The first-order valence-corrected chi connectivity index (χ1v) is 11.7. The maximum atomic E-state index is 13.5. The highest BCUT2D eigenvalue weighted by Gasteiger charge is 2.34. The maximum Gasteiger partial charge on any atom is 0.255 e. The average molecular weight is 463 g/mol. The predicted molar refractivity (Wildman–Crippen MR) is 131 cm³/mol. The van der Waals surface area contributed by atoms with Crippen LogP contribution >= 0.6 is 11.8 Å². The van der Waals surface area contributed by atoms with Crippen LogP contribution in [0.25, 0.3) is 0 Å². The van der Waals surface area contributed by atoms with Crippen molar-refractivity contribution in [2.45, 2.75) is 38.9 Å². The average Bonchev–Trinajstić information content (AvgIpc) is 3.16. The molecule has 8 nitrogen and oxygen atoms in total. The molecular weight excluding hydrogens is 436 g/mol. The maximum absolute atomic E-state index is 13.5. The van der Waals surface area contributed by atoms with Crippen molar-refractivity contribution in [2.75, 3.05) is 21.7 Å². The highest BCUT2D eigenvalue weighted by Crippen LogP contribution is 2.37. The number of hydrogen-bond donors (Lipinski definition) is 3. The number of aromatic nitrogens is 3. The van der Waals surface area contributed by atoms with Crippen molar-refractivity contribution in [3.8, 4) is 0 Å². The van der Waals surface area contributed by atoms with Crippen molar-refractivity contribution in [1.82, 2.24) is 14.8 Å². The SMILES string of the molecule is CCSc1nc2n(n1)[C@H](c1ccc(NC(C)=O)cc1)C(C(=O)Nc1ccccc1C)=C(C)N2. The molecule has 1 atom stereocenters. The van der Waals surface area contributed by atoms with E-state index in [2.05, 4.69) is 26.0 Å². The van der Waals surface area contributed by atoms with Gasteiger partial charge in [0.05, 0.1) is 5.57 Å². The Bertz CT molecular complexity index is 1230. The predicted octanol–water partition coefficient (Wildman–Crippen LogP) is 4.58. The fraction of sp³-hybridized carbons (Fsp3) is 0.250. The van der Waals surface area contributed by atoms with Gasteiger partial charge in [-0.1, -0.05) is 49.0 Å². The molecule has 1 aliphatic heterocycles. The molecule has 170 valence electrons. The van der Waals surface area contributed by atoms with Crippen molar-refractivity contribution >= 4 is 40.9 Å². The number of fused-ring (bicyclic) bond motifs is 1. The summed E-state index contributed by atoms with van der Waals surface area (Å²) in [4.78, 5) is 29.5. The van der Waals surface area contributed by atoms with Crippen molar-refractivity contribution in [1.29, 1.82) is 0 Å². The smallest absolute Gasteiger partial charge is 0.255 e. The quantitative estimate of drug-likeness (QED) is 0.464. The van der Waals surface area contributed by atoms with Crippen LogP contribution in [0.2, 0.25) is 0 Å². The lowest BCUT2D eigenvalue weighted by atomic mass is 9.94. The molecule has 1 aliphatic rings. The first kappa shape index (κ1) is 22.6. The zero-order valence-corrected chi connectivity index (χ0v) is 19.8. The molecule has 9 heteroatoms. The third kappa shape index (κ3) is 4.78. The summed E-state index contributed by atoms with van der Waals surface area (Å²) >= 11 is 1.54. The van der Waals surface area contributed by atoms with E-state index < -0.39 is 6.04 Å². The van der Waals surface area contributed by atoms with Crippen LogP contribution in [0.1, 0.15) is 37.9 Å². The van der Waals surface area contributed by atoms with Gasteiger partial charge in [-0.05, 0) is 48.9 Å². The number of benzene rings is 2. The summed E-state index contributed by atoms with van der Waals surface area (Å²) in [7, 11) is 0. The van der Waals surface area contributed by atoms with Gasteiger partial charge in [0, 0.05) is 24.0 Å². The lowest BCUT2D eigenvalue weighted by Gasteiger charge is -2.29. The number of para-hydroxylation sites is 1. The summed E-state index contributed by atoms with van der Waals surface area (Å²) in [5.74, 6) is 1.08. The standard InChI is InChI=1S/C24H26N6O2S/c1-5-33-24-28-23-25-15(3)20(22(32)27-19-9-7-6-8-14(19)2)21(30(23)29-24)17-10-12-18(13-11-17)26-16(4)31/h6-13,21H,5H2,1-4H3,(H,26,31)(H,27,32)(H,25,28,29)/t21-/m1/s1. The van der Waals surface area contributed by atoms with Gasteiger partial charge in [0.1, 0.15) is 6.04 Å². The minimum Gasteiger partial charge on any atom is -0.328 e. The molecule has 33 heavy (non-hydrogen) atoms. The number of amides is 2. The molecule has 3 aromatic rings. The molecule has 0 unspecified atom stereocenters. The van der Waals surface area contributed by atoms with Gasteiger partial charge in [0.2, 0.25) is 17.0 Å². The van der Waals surface area contributed by atoms with Crippen molar-refractivity contribution in [3.05, 3.63) is 70.9 Å². The van der Waals surface area contributed by atoms with E-state index >= 15 is 0 Å². The largest absolute Gasteiger partial charge is 0.328 e. The third-order valence-electron chi connectivity index (χ3n) is 5.29. The van der Waals surface area contributed by atoms with Gasteiger partial charge in [-0.3, -0.25) is 9.59 Å². The Hall–Kier alpha value is -3.59. The minimum absolute atomic E-state index is 0.140. The van der Waals surface area contributed by atoms with Crippen molar-refractivity contribution in [2.24, 2.45) is 0 Å². The molecule has 0 radical (unpaired) electrons. The Labute approximate surface area is 196 Å². The van der Waals surface area contributed by atoms with E-state index in [1.807, 2.05) is 69.3 Å². The Morgan fingerprint density at radius 3 is 2.48 bits per heavy atom. The van der Waals surface area contributed by atoms with E-state index in [1.165, 1.54) is 6.92 Å². The van der Waals surface area contributed by atoms with Crippen LogP contribution in [-0.4, -0.2) is 32.3 Å². The van der Waals surface area contributed by atoms with Gasteiger partial charge in [0.25, 0.3) is 5.91 Å². The van der Waals surface area contributed by atoms with Gasteiger partial charge in [-0.25, -0.2) is 4.68 Å². The Morgan fingerprint density at radius 1 is 1.09 bits per heavy atom. The lowest BCUT2D eigenvalue weighted by molar-refractivity contribution is -0.114. The fourth-order valence-corrected chi connectivity index (χ4v) is 4.33. The summed E-state index contributed by atoms with van der Waals surface area (Å²) in [6.45, 7) is 7.34. The van der Waals surface area contributed by atoms with Gasteiger partial charge in [-0.2, -0.15) is 4.98 Å². The number of hydrogen-bond acceptors (Lipinski definition) is 6. The third-order valence-corrected chi connectivity index (χ3v) is 6.01. The van der Waals surface area contributed by atoms with E-state index in [1.54, 1.807) is 16.4 Å². The molecule has 0 spiro atoms. The van der Waals surface area contributed by atoms with E-state index in [4.69, 9.17) is 0 Å². The van der Waals surface area contributed by atoms with E-state index in [0.717, 1.165) is 22.6 Å². The highest BCUT2D eigenvalue weighted by molar-refractivity contribution is 7.99. The summed E-state index contributed by atoms with van der Waals surface area (Å²) in [6.07, 6.45) is 0. The zero-order valence-electron chi connectivity index (χ0n) is 19.0. The summed E-state index contributed by atoms with van der Waals surface area (Å²) < 4.78 is 1.76. The van der Waals surface area contributed by atoms with Crippen LogP contribution < -0.4 is 16.0 Å². The summed E-state index contributed by atoms with van der Waals surface area (Å²) in [5.41, 5.74) is 4.55. The number of nitrogens with one attached hydrogen (secondary N) is 3. The number of anilines is 3. The normalized spacial score (nSPS) is 15.0. The number of aryl methyl sites for hydroxylation is 1. The highest BCUT2D eigenvalue weighted by atomic mass is 32.2. The molecule has 2 heterocycles. The van der Waals surface area contributed by atoms with Gasteiger partial charge in [-0.15, -0.1) is 5.10 Å². The fourth-order valence-electron chi connectivity index (χ4n) is 3.78. The zero-order chi connectivity index (χ0) is 23.5. The molecule has 0 saturated heterocycles. The Morgan fingerprint density at radius 2 is 1.82 bits per heavy atom. The molecular formula is C24H26N6O2S. The second-order valence-electron chi connectivity index (χ2n) is 7.73.